The van der Waals surface area contributed by atoms with Gasteiger partial charge in [0.25, 0.3) is 5.60 Å². The summed E-state index contributed by atoms with van der Waals surface area (Å²) in [6, 6.07) is 18.8. The molecule has 0 amide bonds. The Labute approximate surface area is 211 Å². The summed E-state index contributed by atoms with van der Waals surface area (Å²) in [4.78, 5) is 38.1. The molecule has 5 rings (SSSR count). The topological polar surface area (TPSA) is 89.9 Å². The van der Waals surface area contributed by atoms with Gasteiger partial charge in [0.05, 0.1) is 38.0 Å². The molecule has 0 saturated carbocycles. The maximum Gasteiger partial charge on any atom is 0.360 e. The maximum absolute atomic E-state index is 14.1. The van der Waals surface area contributed by atoms with Crippen molar-refractivity contribution in [2.75, 3.05) is 13.1 Å². The molecule has 7 nitrogen and oxygen atoms in total. The maximum atomic E-state index is 14.1. The van der Waals surface area contributed by atoms with E-state index in [4.69, 9.17) is 14.6 Å². The minimum Gasteiger partial charge on any atom is -0.481 e. The standard InChI is InChI=1S/C29H33NO6/c31-26(32)15-16-27(33)36-29(21-9-3-1-4-10-21,22-11-5-2-6-12-22)28(34)35-25-19-23-13-14-24(20-25)30(23)17-7-8-18-30/h1-6,9-12,23-25H,7-8,13-20H2/p+1. The van der Waals surface area contributed by atoms with E-state index in [1.54, 1.807) is 48.5 Å². The van der Waals surface area contributed by atoms with E-state index in [9.17, 15) is 14.4 Å². The lowest BCUT2D eigenvalue weighted by Crippen LogP contribution is -2.60. The molecule has 3 saturated heterocycles. The normalized spacial score (nSPS) is 24.4. The first kappa shape index (κ1) is 24.5. The van der Waals surface area contributed by atoms with Crippen LogP contribution in [-0.4, -0.2) is 58.8 Å². The average Bonchev–Trinajstić information content (AvgIpc) is 3.43. The van der Waals surface area contributed by atoms with Crippen molar-refractivity contribution in [3.63, 3.8) is 0 Å². The second-order valence-electron chi connectivity index (χ2n) is 10.4. The quantitative estimate of drug-likeness (QED) is 0.439. The van der Waals surface area contributed by atoms with Crippen LogP contribution in [0, 0.1) is 0 Å². The Balaban J connectivity index is 1.46. The van der Waals surface area contributed by atoms with Crippen molar-refractivity contribution in [1.29, 1.82) is 0 Å². The molecule has 3 aliphatic heterocycles. The summed E-state index contributed by atoms with van der Waals surface area (Å²) >= 11 is 0. The van der Waals surface area contributed by atoms with Crippen LogP contribution in [-0.2, 0) is 29.5 Å². The first-order valence-electron chi connectivity index (χ1n) is 13.1. The number of piperidine rings is 1. The summed E-state index contributed by atoms with van der Waals surface area (Å²) < 4.78 is 13.4. The molecule has 1 spiro atoms. The SMILES string of the molecule is O=C(O)CCC(=O)OC(C(=O)OC1CC2CCC(C1)[N+]21CCCC1)(c1ccccc1)c1ccccc1. The molecule has 0 aromatic heterocycles. The van der Waals surface area contributed by atoms with Crippen LogP contribution in [0.25, 0.3) is 0 Å². The minimum atomic E-state index is -1.81. The number of hydrogen-bond acceptors (Lipinski definition) is 5. The van der Waals surface area contributed by atoms with Crippen LogP contribution in [0.5, 0.6) is 0 Å². The van der Waals surface area contributed by atoms with E-state index < -0.39 is 23.5 Å². The fourth-order valence-electron chi connectivity index (χ4n) is 6.88. The average molecular weight is 493 g/mol. The number of aliphatic carboxylic acids is 1. The lowest BCUT2D eigenvalue weighted by Gasteiger charge is -2.47. The number of esters is 2. The molecule has 3 heterocycles. The molecule has 0 radical (unpaired) electrons. The lowest BCUT2D eigenvalue weighted by molar-refractivity contribution is -0.956. The predicted molar refractivity (Wildman–Crippen MR) is 132 cm³/mol. The molecule has 190 valence electrons. The molecule has 3 aliphatic rings. The minimum absolute atomic E-state index is 0.233. The number of carbonyl (C=O) groups excluding carboxylic acids is 2. The second-order valence-corrected chi connectivity index (χ2v) is 10.4. The highest BCUT2D eigenvalue weighted by atomic mass is 16.6. The highest BCUT2D eigenvalue weighted by molar-refractivity contribution is 5.89. The molecule has 7 heteroatoms. The predicted octanol–water partition coefficient (Wildman–Crippen LogP) is 4.19. The van der Waals surface area contributed by atoms with Crippen LogP contribution in [0.4, 0.5) is 0 Å². The van der Waals surface area contributed by atoms with Crippen molar-refractivity contribution < 1.29 is 33.4 Å². The third-order valence-corrected chi connectivity index (χ3v) is 8.49. The molecule has 2 atom stereocenters. The van der Waals surface area contributed by atoms with Gasteiger partial charge in [-0.3, -0.25) is 9.59 Å². The molecule has 36 heavy (non-hydrogen) atoms. The molecule has 2 aromatic rings. The Kier molecular flexibility index (Phi) is 6.84. The van der Waals surface area contributed by atoms with Gasteiger partial charge in [0.2, 0.25) is 0 Å². The fraction of sp³-hybridized carbons (Fsp3) is 0.483. The van der Waals surface area contributed by atoms with Crippen molar-refractivity contribution in [3.05, 3.63) is 71.8 Å². The molecule has 3 fully saturated rings. The van der Waals surface area contributed by atoms with Gasteiger partial charge in [-0.15, -0.1) is 0 Å². The Morgan fingerprint density at radius 2 is 1.36 bits per heavy atom. The first-order chi connectivity index (χ1) is 17.4. The van der Waals surface area contributed by atoms with Crippen LogP contribution in [0.3, 0.4) is 0 Å². The Morgan fingerprint density at radius 1 is 0.833 bits per heavy atom. The smallest absolute Gasteiger partial charge is 0.360 e. The van der Waals surface area contributed by atoms with E-state index in [2.05, 4.69) is 0 Å². The van der Waals surface area contributed by atoms with Crippen LogP contribution in [0.1, 0.15) is 62.5 Å². The molecule has 1 N–H and O–H groups in total. The Morgan fingerprint density at radius 3 is 1.86 bits per heavy atom. The van der Waals surface area contributed by atoms with Gasteiger partial charge in [-0.1, -0.05) is 60.7 Å². The molecular weight excluding hydrogens is 458 g/mol. The van der Waals surface area contributed by atoms with Crippen molar-refractivity contribution in [2.24, 2.45) is 0 Å². The number of hydrogen-bond donors (Lipinski definition) is 1. The van der Waals surface area contributed by atoms with Crippen molar-refractivity contribution in [3.8, 4) is 0 Å². The van der Waals surface area contributed by atoms with E-state index >= 15 is 0 Å². The number of quaternary nitrogens is 1. The van der Waals surface area contributed by atoms with E-state index in [0.717, 1.165) is 12.8 Å². The number of ether oxygens (including phenoxy) is 2. The monoisotopic (exact) mass is 492 g/mol. The van der Waals surface area contributed by atoms with E-state index in [1.165, 1.54) is 43.3 Å². The highest BCUT2D eigenvalue weighted by Gasteiger charge is 2.57. The number of nitrogens with zero attached hydrogens (tertiary/aromatic N) is 1. The van der Waals surface area contributed by atoms with Gasteiger partial charge in [-0.25, -0.2) is 4.79 Å². The summed E-state index contributed by atoms with van der Waals surface area (Å²) in [6.07, 6.45) is 5.60. The van der Waals surface area contributed by atoms with Gasteiger partial charge >= 0.3 is 17.9 Å². The van der Waals surface area contributed by atoms with Crippen LogP contribution >= 0.6 is 0 Å². The van der Waals surface area contributed by atoms with Gasteiger partial charge < -0.3 is 19.1 Å². The van der Waals surface area contributed by atoms with Gasteiger partial charge in [0, 0.05) is 49.7 Å². The zero-order valence-electron chi connectivity index (χ0n) is 20.5. The number of carboxylic acid groups (broad SMARTS) is 1. The van der Waals surface area contributed by atoms with Gasteiger partial charge in [0.1, 0.15) is 6.10 Å². The summed E-state index contributed by atoms with van der Waals surface area (Å²) in [5.74, 6) is -2.48. The molecule has 0 aliphatic carbocycles. The number of benzene rings is 2. The summed E-state index contributed by atoms with van der Waals surface area (Å²) in [7, 11) is 0. The second kappa shape index (κ2) is 10.1. The van der Waals surface area contributed by atoms with E-state index in [-0.39, 0.29) is 18.9 Å². The molecule has 2 unspecified atom stereocenters. The van der Waals surface area contributed by atoms with Gasteiger partial charge in [0.15, 0.2) is 0 Å². The highest BCUT2D eigenvalue weighted by Crippen LogP contribution is 2.47. The van der Waals surface area contributed by atoms with Crippen molar-refractivity contribution in [1.82, 2.24) is 0 Å². The largest absolute Gasteiger partial charge is 0.481 e. The van der Waals surface area contributed by atoms with E-state index in [1.807, 2.05) is 12.1 Å². The summed E-state index contributed by atoms with van der Waals surface area (Å²) in [5.41, 5.74) is -0.854. The van der Waals surface area contributed by atoms with Crippen molar-refractivity contribution in [2.45, 2.75) is 75.2 Å². The molecule has 2 bridgehead atoms. The van der Waals surface area contributed by atoms with Crippen LogP contribution < -0.4 is 0 Å². The van der Waals surface area contributed by atoms with Crippen molar-refractivity contribution >= 4 is 17.9 Å². The van der Waals surface area contributed by atoms with Gasteiger partial charge in [-0.05, 0) is 0 Å². The van der Waals surface area contributed by atoms with Gasteiger partial charge in [-0.2, -0.15) is 0 Å². The summed E-state index contributed by atoms with van der Waals surface area (Å²) in [5, 5.41) is 9.06. The molecule has 2 aromatic carbocycles. The Hall–Kier alpha value is -3.19. The summed E-state index contributed by atoms with van der Waals surface area (Å²) in [6.45, 7) is 2.46. The first-order valence-corrected chi connectivity index (χ1v) is 13.1. The zero-order valence-corrected chi connectivity index (χ0v) is 20.5. The third kappa shape index (κ3) is 4.41. The lowest BCUT2D eigenvalue weighted by atomic mass is 9.85. The number of carboxylic acids is 1. The fourth-order valence-corrected chi connectivity index (χ4v) is 6.88. The number of carbonyl (C=O) groups is 3. The zero-order chi connectivity index (χ0) is 25.2. The van der Waals surface area contributed by atoms with Crippen LogP contribution in [0.2, 0.25) is 0 Å². The molecular formula is C29H34NO6+. The van der Waals surface area contributed by atoms with E-state index in [0.29, 0.717) is 23.2 Å². The van der Waals surface area contributed by atoms with Crippen LogP contribution in [0.15, 0.2) is 60.7 Å². The Bertz CT molecular complexity index is 1040. The third-order valence-electron chi connectivity index (χ3n) is 8.49. The number of rotatable bonds is 8.